The number of hydrogen-bond donors (Lipinski definition) is 3. The van der Waals surface area contributed by atoms with Gasteiger partial charge in [0.2, 0.25) is 10.0 Å². The highest BCUT2D eigenvalue weighted by molar-refractivity contribution is 7.89. The van der Waals surface area contributed by atoms with Crippen molar-refractivity contribution in [2.45, 2.75) is 38.3 Å². The number of hydrogen-bond acceptors (Lipinski definition) is 4. The summed E-state index contributed by atoms with van der Waals surface area (Å²) in [5, 5.41) is 11.8. The zero-order chi connectivity index (χ0) is 17.1. The molecule has 1 aliphatic carbocycles. The number of carboxylic acids is 1. The van der Waals surface area contributed by atoms with Crippen LogP contribution in [0.1, 0.15) is 42.1 Å². The lowest BCUT2D eigenvalue weighted by molar-refractivity contribution is -0.148. The van der Waals surface area contributed by atoms with Gasteiger partial charge in [-0.3, -0.25) is 4.79 Å². The lowest BCUT2D eigenvalue weighted by Crippen LogP contribution is -2.59. The van der Waals surface area contributed by atoms with Crippen molar-refractivity contribution >= 4 is 21.9 Å². The highest BCUT2D eigenvalue weighted by atomic mass is 32.2. The molecule has 0 saturated heterocycles. The summed E-state index contributed by atoms with van der Waals surface area (Å²) in [4.78, 5) is 23.4. The van der Waals surface area contributed by atoms with E-state index in [1.54, 1.807) is 31.2 Å². The van der Waals surface area contributed by atoms with Crippen LogP contribution < -0.4 is 10.0 Å². The van der Waals surface area contributed by atoms with Crippen LogP contribution in [0.3, 0.4) is 0 Å². The molecule has 1 fully saturated rings. The number of sulfonamides is 1. The molecule has 0 aliphatic heterocycles. The van der Waals surface area contributed by atoms with Crippen molar-refractivity contribution in [3.05, 3.63) is 35.4 Å². The van der Waals surface area contributed by atoms with Crippen molar-refractivity contribution < 1.29 is 23.1 Å². The van der Waals surface area contributed by atoms with Gasteiger partial charge >= 0.3 is 5.97 Å². The van der Waals surface area contributed by atoms with E-state index in [4.69, 9.17) is 0 Å². The summed E-state index contributed by atoms with van der Waals surface area (Å²) in [5.74, 6) is -1.44. The van der Waals surface area contributed by atoms with Crippen molar-refractivity contribution in [1.82, 2.24) is 10.0 Å². The van der Waals surface area contributed by atoms with Gasteiger partial charge in [-0.25, -0.2) is 17.9 Å². The van der Waals surface area contributed by atoms with Gasteiger partial charge in [0.1, 0.15) is 5.54 Å². The Morgan fingerprint density at radius 3 is 2.26 bits per heavy atom. The van der Waals surface area contributed by atoms with Crippen LogP contribution in [-0.2, 0) is 21.4 Å². The number of benzene rings is 1. The smallest absolute Gasteiger partial charge is 0.329 e. The number of amides is 1. The Bertz CT molecular complexity index is 693. The largest absolute Gasteiger partial charge is 0.480 e. The van der Waals surface area contributed by atoms with E-state index in [1.165, 1.54) is 0 Å². The third-order valence-electron chi connectivity index (χ3n) is 4.06. The van der Waals surface area contributed by atoms with Gasteiger partial charge in [-0.15, -0.1) is 0 Å². The van der Waals surface area contributed by atoms with E-state index in [1.807, 2.05) is 0 Å². The molecule has 1 amide bonds. The maximum absolute atomic E-state index is 12.1. The van der Waals surface area contributed by atoms with Crippen molar-refractivity contribution in [2.75, 3.05) is 5.75 Å². The molecule has 0 heterocycles. The van der Waals surface area contributed by atoms with Gasteiger partial charge in [-0.2, -0.15) is 0 Å². The Hall–Kier alpha value is -1.93. The normalized spacial score (nSPS) is 16.4. The summed E-state index contributed by atoms with van der Waals surface area (Å²) in [7, 11) is -3.27. The topological polar surface area (TPSA) is 113 Å². The first kappa shape index (κ1) is 17.4. The first-order chi connectivity index (χ1) is 10.8. The van der Waals surface area contributed by atoms with Gasteiger partial charge in [-0.05, 0) is 43.9 Å². The number of rotatable bonds is 7. The van der Waals surface area contributed by atoms with E-state index in [-0.39, 0.29) is 12.3 Å². The van der Waals surface area contributed by atoms with E-state index in [9.17, 15) is 23.1 Å². The van der Waals surface area contributed by atoms with Crippen LogP contribution in [0.5, 0.6) is 0 Å². The zero-order valence-electron chi connectivity index (χ0n) is 12.8. The fraction of sp³-hybridized carbons (Fsp3) is 0.467. The molecule has 0 unspecified atom stereocenters. The predicted molar refractivity (Wildman–Crippen MR) is 84.4 cm³/mol. The van der Waals surface area contributed by atoms with Crippen LogP contribution in [0, 0.1) is 0 Å². The molecular weight excluding hydrogens is 320 g/mol. The SMILES string of the molecule is CCS(=O)(=O)NCc1ccc(C(=O)NC2(C(=O)O)CCC2)cc1. The Balaban J connectivity index is 1.99. The van der Waals surface area contributed by atoms with Crippen molar-refractivity contribution in [3.8, 4) is 0 Å². The van der Waals surface area contributed by atoms with Gasteiger partial charge in [0.05, 0.1) is 5.75 Å². The summed E-state index contributed by atoms with van der Waals surface area (Å²) >= 11 is 0. The molecule has 0 spiro atoms. The van der Waals surface area contributed by atoms with E-state index >= 15 is 0 Å². The minimum Gasteiger partial charge on any atom is -0.480 e. The maximum atomic E-state index is 12.1. The second kappa shape index (κ2) is 6.67. The summed E-state index contributed by atoms with van der Waals surface area (Å²) in [6.45, 7) is 1.70. The third kappa shape index (κ3) is 4.08. The Morgan fingerprint density at radius 1 is 1.22 bits per heavy atom. The first-order valence-electron chi connectivity index (χ1n) is 7.40. The highest BCUT2D eigenvalue weighted by Crippen LogP contribution is 2.32. The second-order valence-corrected chi connectivity index (χ2v) is 7.71. The lowest BCUT2D eigenvalue weighted by atomic mass is 9.76. The third-order valence-corrected chi connectivity index (χ3v) is 5.41. The molecule has 8 heteroatoms. The van der Waals surface area contributed by atoms with Crippen molar-refractivity contribution in [2.24, 2.45) is 0 Å². The average Bonchev–Trinajstić information content (AvgIpc) is 2.49. The monoisotopic (exact) mass is 340 g/mol. The van der Waals surface area contributed by atoms with Gasteiger partial charge in [-0.1, -0.05) is 12.1 Å². The number of aliphatic carboxylic acids is 1. The molecule has 3 N–H and O–H groups in total. The van der Waals surface area contributed by atoms with Crippen LogP contribution in [0.4, 0.5) is 0 Å². The van der Waals surface area contributed by atoms with Crippen LogP contribution in [0.2, 0.25) is 0 Å². The molecule has 1 aromatic carbocycles. The van der Waals surface area contributed by atoms with E-state index < -0.39 is 27.4 Å². The van der Waals surface area contributed by atoms with Crippen LogP contribution in [0.25, 0.3) is 0 Å². The summed E-state index contributed by atoms with van der Waals surface area (Å²) in [6.07, 6.45) is 1.65. The molecule has 0 atom stereocenters. The van der Waals surface area contributed by atoms with E-state index in [0.29, 0.717) is 18.4 Å². The van der Waals surface area contributed by atoms with Crippen LogP contribution >= 0.6 is 0 Å². The molecule has 2 rings (SSSR count). The minimum atomic E-state index is -3.27. The molecule has 0 radical (unpaired) electrons. The summed E-state index contributed by atoms with van der Waals surface area (Å²) in [5.41, 5.74) is -0.0817. The molecule has 23 heavy (non-hydrogen) atoms. The van der Waals surface area contributed by atoms with Gasteiger partial charge in [0.15, 0.2) is 0 Å². The fourth-order valence-corrected chi connectivity index (χ4v) is 2.87. The van der Waals surface area contributed by atoms with Gasteiger partial charge in [0, 0.05) is 12.1 Å². The molecule has 7 nitrogen and oxygen atoms in total. The van der Waals surface area contributed by atoms with Crippen molar-refractivity contribution in [3.63, 3.8) is 0 Å². The molecule has 1 aromatic rings. The summed E-state index contributed by atoms with van der Waals surface area (Å²) < 4.78 is 25.2. The first-order valence-corrected chi connectivity index (χ1v) is 9.05. The summed E-state index contributed by atoms with van der Waals surface area (Å²) in [6, 6.07) is 6.39. The minimum absolute atomic E-state index is 0.00472. The number of carboxylic acid groups (broad SMARTS) is 1. The quantitative estimate of drug-likeness (QED) is 0.681. The Kier molecular flexibility index (Phi) is 5.06. The lowest BCUT2D eigenvalue weighted by Gasteiger charge is -2.38. The molecular formula is C15H20N2O5S. The van der Waals surface area contributed by atoms with Crippen LogP contribution in [0.15, 0.2) is 24.3 Å². The molecule has 0 aromatic heterocycles. The average molecular weight is 340 g/mol. The fourth-order valence-electron chi connectivity index (χ4n) is 2.28. The Morgan fingerprint density at radius 2 is 1.83 bits per heavy atom. The zero-order valence-corrected chi connectivity index (χ0v) is 13.6. The maximum Gasteiger partial charge on any atom is 0.329 e. The van der Waals surface area contributed by atoms with Crippen molar-refractivity contribution in [1.29, 1.82) is 0 Å². The number of nitrogens with one attached hydrogen (secondary N) is 2. The highest BCUT2D eigenvalue weighted by Gasteiger charge is 2.45. The second-order valence-electron chi connectivity index (χ2n) is 5.62. The van der Waals surface area contributed by atoms with E-state index in [0.717, 1.165) is 12.0 Å². The van der Waals surface area contributed by atoms with Gasteiger partial charge in [0.25, 0.3) is 5.91 Å². The number of carbonyl (C=O) groups excluding carboxylic acids is 1. The Labute approximate surface area is 135 Å². The molecule has 1 aliphatic rings. The standard InChI is InChI=1S/C15H20N2O5S/c1-2-23(21,22)16-10-11-4-6-12(7-5-11)13(18)17-15(14(19)20)8-3-9-15/h4-7,16H,2-3,8-10H2,1H3,(H,17,18)(H,19,20). The molecule has 1 saturated carbocycles. The molecule has 126 valence electrons. The number of carbonyl (C=O) groups is 2. The predicted octanol–water partition coefficient (Wildman–Crippen LogP) is 0.863. The molecule has 0 bridgehead atoms. The van der Waals surface area contributed by atoms with Crippen LogP contribution in [-0.4, -0.2) is 36.7 Å². The van der Waals surface area contributed by atoms with E-state index in [2.05, 4.69) is 10.0 Å². The van der Waals surface area contributed by atoms with Gasteiger partial charge < -0.3 is 10.4 Å².